The molecular weight excluding hydrogens is 406 g/mol. The summed E-state index contributed by atoms with van der Waals surface area (Å²) in [6.45, 7) is 4.61. The molecule has 8 nitrogen and oxygen atoms in total. The summed E-state index contributed by atoms with van der Waals surface area (Å²) >= 11 is 1.48. The molecule has 1 aliphatic heterocycles. The third-order valence-electron chi connectivity index (χ3n) is 4.56. The topological polar surface area (TPSA) is 99.6 Å². The first-order valence-electron chi connectivity index (χ1n) is 9.69. The highest BCUT2D eigenvalue weighted by molar-refractivity contribution is 7.98. The molecule has 0 aliphatic carbocycles. The lowest BCUT2D eigenvalue weighted by Gasteiger charge is -2.11. The third-order valence-corrected chi connectivity index (χ3v) is 5.11. The number of carbonyl (C=O) groups excluding carboxylic acids is 2. The van der Waals surface area contributed by atoms with Crippen LogP contribution < -0.4 is 14.8 Å². The van der Waals surface area contributed by atoms with E-state index in [2.05, 4.69) is 15.3 Å². The molecule has 1 amide bonds. The van der Waals surface area contributed by atoms with Crippen molar-refractivity contribution in [2.75, 3.05) is 31.4 Å². The van der Waals surface area contributed by atoms with Gasteiger partial charge in [0.2, 0.25) is 0 Å². The zero-order valence-corrected chi connectivity index (χ0v) is 18.1. The highest BCUT2D eigenvalue weighted by Crippen LogP contribution is 2.32. The first-order valence-corrected chi connectivity index (χ1v) is 10.9. The lowest BCUT2D eigenvalue weighted by molar-refractivity contribution is -0.147. The predicted molar refractivity (Wildman–Crippen MR) is 113 cm³/mol. The minimum Gasteiger partial charge on any atom is -0.490 e. The Kier molecular flexibility index (Phi) is 7.51. The smallest absolute Gasteiger partial charge is 0.306 e. The number of benzene rings is 1. The van der Waals surface area contributed by atoms with E-state index in [9.17, 15) is 9.59 Å². The van der Waals surface area contributed by atoms with Gasteiger partial charge in [-0.3, -0.25) is 9.59 Å². The Morgan fingerprint density at radius 1 is 1.13 bits per heavy atom. The number of fused-ring (bicyclic) bond motifs is 1. The fourth-order valence-corrected chi connectivity index (χ4v) is 3.50. The van der Waals surface area contributed by atoms with E-state index >= 15 is 0 Å². The van der Waals surface area contributed by atoms with Crippen LogP contribution in [-0.4, -0.2) is 47.9 Å². The second-order valence-electron chi connectivity index (χ2n) is 6.78. The van der Waals surface area contributed by atoms with Crippen molar-refractivity contribution >= 4 is 29.3 Å². The van der Waals surface area contributed by atoms with Gasteiger partial charge in [-0.25, -0.2) is 9.97 Å². The molecule has 0 saturated heterocycles. The number of amides is 1. The quantitative estimate of drug-likeness (QED) is 0.406. The van der Waals surface area contributed by atoms with Gasteiger partial charge in [0, 0.05) is 36.0 Å². The first kappa shape index (κ1) is 21.9. The summed E-state index contributed by atoms with van der Waals surface area (Å²) in [7, 11) is 0. The van der Waals surface area contributed by atoms with Crippen molar-refractivity contribution in [1.82, 2.24) is 9.97 Å². The van der Waals surface area contributed by atoms with Crippen molar-refractivity contribution in [3.63, 3.8) is 0 Å². The van der Waals surface area contributed by atoms with E-state index < -0.39 is 11.9 Å². The number of nitrogens with zero attached hydrogens (tertiary/aromatic N) is 2. The van der Waals surface area contributed by atoms with E-state index in [0.717, 1.165) is 23.4 Å². The van der Waals surface area contributed by atoms with Gasteiger partial charge in [0.25, 0.3) is 5.91 Å². The number of nitrogens with one attached hydrogen (secondary N) is 1. The van der Waals surface area contributed by atoms with Crippen LogP contribution in [0.5, 0.6) is 11.5 Å². The van der Waals surface area contributed by atoms with Crippen molar-refractivity contribution in [3.8, 4) is 11.5 Å². The second kappa shape index (κ2) is 10.3. The number of aryl methyl sites for hydroxylation is 2. The summed E-state index contributed by atoms with van der Waals surface area (Å²) < 4.78 is 16.3. The summed E-state index contributed by atoms with van der Waals surface area (Å²) in [4.78, 5) is 33.0. The number of anilines is 1. The maximum Gasteiger partial charge on any atom is 0.306 e. The molecule has 0 spiro atoms. The van der Waals surface area contributed by atoms with Crippen molar-refractivity contribution < 1.29 is 23.8 Å². The Hall–Kier alpha value is -2.81. The minimum absolute atomic E-state index is 0.154. The molecule has 2 heterocycles. The molecule has 30 heavy (non-hydrogen) atoms. The number of ether oxygens (including phenoxy) is 3. The van der Waals surface area contributed by atoms with Gasteiger partial charge in [0.15, 0.2) is 23.3 Å². The Labute approximate surface area is 179 Å². The number of thioether (sulfide) groups is 1. The fraction of sp³-hybridized carbons (Fsp3) is 0.429. The third kappa shape index (κ3) is 5.85. The maximum absolute atomic E-state index is 12.1. The molecule has 160 valence electrons. The Bertz CT molecular complexity index is 912. The van der Waals surface area contributed by atoms with Crippen LogP contribution in [0.4, 0.5) is 5.69 Å². The molecule has 0 unspecified atom stereocenters. The number of aromatic nitrogens is 2. The zero-order valence-electron chi connectivity index (χ0n) is 17.3. The molecule has 0 fully saturated rings. The van der Waals surface area contributed by atoms with Crippen LogP contribution in [-0.2, 0) is 20.7 Å². The molecule has 0 atom stereocenters. The van der Waals surface area contributed by atoms with Crippen LogP contribution in [0.1, 0.15) is 29.8 Å². The van der Waals surface area contributed by atoms with Crippen molar-refractivity contribution in [1.29, 1.82) is 0 Å². The summed E-state index contributed by atoms with van der Waals surface area (Å²) in [5.41, 5.74) is 3.19. The van der Waals surface area contributed by atoms with E-state index in [4.69, 9.17) is 14.2 Å². The van der Waals surface area contributed by atoms with Crippen LogP contribution in [0.15, 0.2) is 23.4 Å². The average molecular weight is 432 g/mol. The van der Waals surface area contributed by atoms with Gasteiger partial charge in [0.05, 0.1) is 13.2 Å². The van der Waals surface area contributed by atoms with E-state index in [-0.39, 0.29) is 13.0 Å². The first-order chi connectivity index (χ1) is 14.5. The molecule has 3 rings (SSSR count). The predicted octanol–water partition coefficient (Wildman–Crippen LogP) is 3.09. The second-order valence-corrected chi connectivity index (χ2v) is 7.55. The van der Waals surface area contributed by atoms with Gasteiger partial charge in [0.1, 0.15) is 0 Å². The zero-order chi connectivity index (χ0) is 21.5. The summed E-state index contributed by atoms with van der Waals surface area (Å²) in [6, 6.07) is 5.17. The lowest BCUT2D eigenvalue weighted by Crippen LogP contribution is -2.21. The van der Waals surface area contributed by atoms with Crippen molar-refractivity contribution in [2.24, 2.45) is 0 Å². The molecule has 0 radical (unpaired) electrons. The van der Waals surface area contributed by atoms with Crippen LogP contribution in [0.3, 0.4) is 0 Å². The van der Waals surface area contributed by atoms with E-state index in [1.165, 1.54) is 11.8 Å². The highest BCUT2D eigenvalue weighted by Gasteiger charge is 2.14. The molecule has 0 bridgehead atoms. The minimum atomic E-state index is -0.448. The highest BCUT2D eigenvalue weighted by atomic mass is 32.2. The molecular formula is C21H25N3O5S. The van der Waals surface area contributed by atoms with Crippen LogP contribution >= 0.6 is 11.8 Å². The molecule has 1 aromatic heterocycles. The molecule has 1 aromatic carbocycles. The van der Waals surface area contributed by atoms with Crippen LogP contribution in [0.25, 0.3) is 0 Å². The van der Waals surface area contributed by atoms with Crippen LogP contribution in [0.2, 0.25) is 0 Å². The Morgan fingerprint density at radius 2 is 1.83 bits per heavy atom. The standard InChI is InChI=1S/C21H25N3O5S/c1-13-16(14(2)23-21(22-13)30-3)6-8-20(26)29-12-19(25)24-15-5-7-17-18(11-15)28-10-4-9-27-17/h5,7,11H,4,6,8-10,12H2,1-3H3,(H,24,25). The van der Waals surface area contributed by atoms with E-state index in [1.807, 2.05) is 20.1 Å². The van der Waals surface area contributed by atoms with Gasteiger partial charge in [-0.15, -0.1) is 0 Å². The molecule has 0 saturated carbocycles. The lowest BCUT2D eigenvalue weighted by atomic mass is 10.1. The summed E-state index contributed by atoms with van der Waals surface area (Å²) in [5.74, 6) is 0.370. The van der Waals surface area contributed by atoms with Gasteiger partial charge >= 0.3 is 5.97 Å². The van der Waals surface area contributed by atoms with Crippen LogP contribution in [0, 0.1) is 13.8 Å². The van der Waals surface area contributed by atoms with Gasteiger partial charge in [-0.2, -0.15) is 0 Å². The number of carbonyl (C=O) groups is 2. The molecule has 2 aromatic rings. The van der Waals surface area contributed by atoms with Crippen molar-refractivity contribution in [2.45, 2.75) is 38.3 Å². The number of esters is 1. The van der Waals surface area contributed by atoms with Gasteiger partial charge in [-0.05, 0) is 44.2 Å². The van der Waals surface area contributed by atoms with Gasteiger partial charge in [-0.1, -0.05) is 11.8 Å². The SMILES string of the molecule is CSc1nc(C)c(CCC(=O)OCC(=O)Nc2ccc3c(c2)OCCCO3)c(C)n1. The molecule has 1 N–H and O–H groups in total. The Balaban J connectivity index is 1.47. The van der Waals surface area contributed by atoms with Gasteiger partial charge < -0.3 is 19.5 Å². The van der Waals surface area contributed by atoms with E-state index in [0.29, 0.717) is 42.0 Å². The number of rotatable bonds is 7. The van der Waals surface area contributed by atoms with Crippen molar-refractivity contribution in [3.05, 3.63) is 35.2 Å². The number of hydrogen-bond donors (Lipinski definition) is 1. The normalized spacial score (nSPS) is 12.8. The summed E-state index contributed by atoms with van der Waals surface area (Å²) in [5, 5.41) is 3.41. The molecule has 1 aliphatic rings. The number of hydrogen-bond acceptors (Lipinski definition) is 8. The fourth-order valence-electron chi connectivity index (χ4n) is 3.05. The summed E-state index contributed by atoms with van der Waals surface area (Å²) in [6.07, 6.45) is 3.35. The molecule has 9 heteroatoms. The Morgan fingerprint density at radius 3 is 2.53 bits per heavy atom. The average Bonchev–Trinajstić information content (AvgIpc) is 2.96. The monoisotopic (exact) mass is 431 g/mol. The van der Waals surface area contributed by atoms with E-state index in [1.54, 1.807) is 18.2 Å². The maximum atomic E-state index is 12.1. The largest absolute Gasteiger partial charge is 0.490 e.